The number of fused-ring (bicyclic) bond motifs is 1. The molecule has 1 fully saturated rings. The number of carboxylic acid groups (broad SMARTS) is 1. The molecule has 7 heteroatoms. The average Bonchev–Trinajstić information content (AvgIpc) is 2.34. The molecule has 0 spiro atoms. The maximum Gasteiger partial charge on any atom is 0.352 e. The lowest BCUT2D eigenvalue weighted by molar-refractivity contribution is -0.151. The van der Waals surface area contributed by atoms with Gasteiger partial charge in [0.2, 0.25) is 5.91 Å². The summed E-state index contributed by atoms with van der Waals surface area (Å²) < 4.78 is 0. The van der Waals surface area contributed by atoms with Gasteiger partial charge >= 0.3 is 5.97 Å². The Balaban J connectivity index is 2.16. The molecule has 6 nitrogen and oxygen atoms in total. The van der Waals surface area contributed by atoms with Crippen LogP contribution in [0.1, 0.15) is 20.8 Å². The molecule has 2 atom stereocenters. The Morgan fingerprint density at radius 3 is 2.63 bits per heavy atom. The minimum atomic E-state index is -1.09. The number of carboxylic acids is 1. The van der Waals surface area contributed by atoms with Crippen LogP contribution in [0.15, 0.2) is 11.3 Å². The van der Waals surface area contributed by atoms with Crippen molar-refractivity contribution in [1.82, 2.24) is 10.2 Å². The predicted octanol–water partition coefficient (Wildman–Crippen LogP) is 0.401. The lowest BCUT2D eigenvalue weighted by Crippen LogP contribution is -2.70. The van der Waals surface area contributed by atoms with Crippen LogP contribution in [0.3, 0.4) is 0 Å². The second-order valence-electron chi connectivity index (χ2n) is 4.98. The van der Waals surface area contributed by atoms with Gasteiger partial charge < -0.3 is 10.4 Å². The van der Waals surface area contributed by atoms with Gasteiger partial charge in [-0.15, -0.1) is 11.8 Å². The number of aliphatic carboxylic acids is 1. The third kappa shape index (κ3) is 2.22. The number of carbonyl (C=O) groups excluding carboxylic acids is 2. The van der Waals surface area contributed by atoms with Crippen molar-refractivity contribution in [2.45, 2.75) is 32.2 Å². The summed E-state index contributed by atoms with van der Waals surface area (Å²) in [6, 6.07) is -0.609. The molecule has 0 radical (unpaired) electrons. The Labute approximate surface area is 115 Å². The van der Waals surface area contributed by atoms with E-state index in [0.29, 0.717) is 11.3 Å². The fraction of sp³-hybridized carbons (Fsp3) is 0.583. The molecule has 2 aliphatic heterocycles. The number of hydrogen-bond donors (Lipinski definition) is 2. The number of amides is 2. The molecule has 0 bridgehead atoms. The molecule has 0 aromatic carbocycles. The van der Waals surface area contributed by atoms with E-state index in [-0.39, 0.29) is 28.8 Å². The van der Waals surface area contributed by atoms with E-state index in [1.54, 1.807) is 20.8 Å². The fourth-order valence-electron chi connectivity index (χ4n) is 2.10. The molecular weight excluding hydrogens is 268 g/mol. The molecule has 0 saturated carbocycles. The molecule has 2 aliphatic rings. The van der Waals surface area contributed by atoms with Crippen LogP contribution in [0.25, 0.3) is 0 Å². The maximum atomic E-state index is 12.0. The average molecular weight is 284 g/mol. The minimum Gasteiger partial charge on any atom is -0.477 e. The van der Waals surface area contributed by atoms with Crippen molar-refractivity contribution in [3.05, 3.63) is 11.3 Å². The highest BCUT2D eigenvalue weighted by atomic mass is 32.2. The molecule has 0 unspecified atom stereocenters. The molecule has 0 aromatic rings. The first kappa shape index (κ1) is 13.9. The highest BCUT2D eigenvalue weighted by molar-refractivity contribution is 8.00. The Hall–Kier alpha value is -1.50. The van der Waals surface area contributed by atoms with Gasteiger partial charge in [-0.25, -0.2) is 4.79 Å². The predicted molar refractivity (Wildman–Crippen MR) is 70.2 cm³/mol. The zero-order valence-electron chi connectivity index (χ0n) is 11.0. The van der Waals surface area contributed by atoms with E-state index in [2.05, 4.69) is 5.32 Å². The number of rotatable bonds is 3. The normalized spacial score (nSPS) is 26.1. The topological polar surface area (TPSA) is 86.7 Å². The van der Waals surface area contributed by atoms with E-state index >= 15 is 0 Å². The van der Waals surface area contributed by atoms with Crippen molar-refractivity contribution in [1.29, 1.82) is 0 Å². The SMILES string of the molecule is CC1=C(C(=O)O)N2C(=O)[C@@H](NC(=O)C(C)C)[C@H]2SC1. The minimum absolute atomic E-state index is 0.0591. The largest absolute Gasteiger partial charge is 0.477 e. The van der Waals surface area contributed by atoms with Crippen LogP contribution in [-0.2, 0) is 14.4 Å². The highest BCUT2D eigenvalue weighted by Gasteiger charge is 2.53. The molecule has 0 aromatic heterocycles. The van der Waals surface area contributed by atoms with Crippen molar-refractivity contribution in [2.24, 2.45) is 5.92 Å². The van der Waals surface area contributed by atoms with Crippen LogP contribution in [0.5, 0.6) is 0 Å². The van der Waals surface area contributed by atoms with Gasteiger partial charge in [0.25, 0.3) is 5.91 Å². The van der Waals surface area contributed by atoms with Crippen molar-refractivity contribution in [2.75, 3.05) is 5.75 Å². The van der Waals surface area contributed by atoms with Gasteiger partial charge in [0, 0.05) is 11.7 Å². The molecule has 19 heavy (non-hydrogen) atoms. The lowest BCUT2D eigenvalue weighted by Gasteiger charge is -2.49. The van der Waals surface area contributed by atoms with Crippen LogP contribution in [0.2, 0.25) is 0 Å². The second-order valence-corrected chi connectivity index (χ2v) is 6.09. The number of nitrogens with one attached hydrogen (secondary N) is 1. The van der Waals surface area contributed by atoms with Gasteiger partial charge in [0.05, 0.1) is 0 Å². The Kier molecular flexibility index (Phi) is 3.58. The highest BCUT2D eigenvalue weighted by Crippen LogP contribution is 2.40. The van der Waals surface area contributed by atoms with Gasteiger partial charge in [0.1, 0.15) is 17.1 Å². The smallest absolute Gasteiger partial charge is 0.352 e. The van der Waals surface area contributed by atoms with Crippen molar-refractivity contribution in [3.63, 3.8) is 0 Å². The molecule has 2 heterocycles. The summed E-state index contributed by atoms with van der Waals surface area (Å²) in [5, 5.41) is 11.5. The summed E-state index contributed by atoms with van der Waals surface area (Å²) >= 11 is 1.48. The zero-order chi connectivity index (χ0) is 14.3. The number of carbonyl (C=O) groups is 3. The number of thioether (sulfide) groups is 1. The number of nitrogens with zero attached hydrogens (tertiary/aromatic N) is 1. The zero-order valence-corrected chi connectivity index (χ0v) is 11.8. The first-order chi connectivity index (χ1) is 8.84. The van der Waals surface area contributed by atoms with E-state index in [9.17, 15) is 14.4 Å². The summed E-state index contributed by atoms with van der Waals surface area (Å²) in [6.07, 6.45) is 0. The standard InChI is InChI=1S/C12H16N2O4S/c1-5(2)9(15)13-7-10(16)14-8(12(17)18)6(3)4-19-11(7)14/h5,7,11H,4H2,1-3H3,(H,13,15)(H,17,18)/t7-,11-/m1/s1. The molecule has 2 N–H and O–H groups in total. The van der Waals surface area contributed by atoms with Gasteiger partial charge in [-0.05, 0) is 12.5 Å². The first-order valence-electron chi connectivity index (χ1n) is 6.02. The Bertz CT molecular complexity index is 486. The summed E-state index contributed by atoms with van der Waals surface area (Å²) in [7, 11) is 0. The fourth-order valence-corrected chi connectivity index (χ4v) is 3.39. The molecule has 2 amide bonds. The van der Waals surface area contributed by atoms with E-state index in [4.69, 9.17) is 5.11 Å². The summed E-state index contributed by atoms with van der Waals surface area (Å²) in [5.74, 6) is -1.27. The van der Waals surface area contributed by atoms with E-state index < -0.39 is 12.0 Å². The Morgan fingerprint density at radius 2 is 2.11 bits per heavy atom. The van der Waals surface area contributed by atoms with Gasteiger partial charge in [-0.3, -0.25) is 14.5 Å². The van der Waals surface area contributed by atoms with Gasteiger partial charge in [0.15, 0.2) is 0 Å². The van der Waals surface area contributed by atoms with Gasteiger partial charge in [-0.1, -0.05) is 13.8 Å². The van der Waals surface area contributed by atoms with Crippen LogP contribution >= 0.6 is 11.8 Å². The quantitative estimate of drug-likeness (QED) is 0.733. The third-order valence-electron chi connectivity index (χ3n) is 3.18. The lowest BCUT2D eigenvalue weighted by atomic mass is 10.0. The monoisotopic (exact) mass is 284 g/mol. The molecule has 0 aliphatic carbocycles. The maximum absolute atomic E-state index is 12.0. The molecular formula is C12H16N2O4S. The van der Waals surface area contributed by atoms with Crippen LogP contribution < -0.4 is 5.32 Å². The van der Waals surface area contributed by atoms with Crippen molar-refractivity contribution >= 4 is 29.5 Å². The summed E-state index contributed by atoms with van der Waals surface area (Å²) in [5.41, 5.74) is 0.736. The Morgan fingerprint density at radius 1 is 1.47 bits per heavy atom. The third-order valence-corrected chi connectivity index (χ3v) is 4.61. The van der Waals surface area contributed by atoms with Crippen LogP contribution in [0.4, 0.5) is 0 Å². The van der Waals surface area contributed by atoms with Crippen LogP contribution in [0, 0.1) is 5.92 Å². The van der Waals surface area contributed by atoms with Crippen LogP contribution in [-0.4, -0.2) is 45.0 Å². The molecule has 104 valence electrons. The number of β-lactam (4-membered cyclic amide) rings is 1. The molecule has 2 rings (SSSR count). The van der Waals surface area contributed by atoms with E-state index in [0.717, 1.165) is 0 Å². The van der Waals surface area contributed by atoms with Gasteiger partial charge in [-0.2, -0.15) is 0 Å². The van der Waals surface area contributed by atoms with Crippen molar-refractivity contribution < 1.29 is 19.5 Å². The second kappa shape index (κ2) is 4.88. The summed E-state index contributed by atoms with van der Waals surface area (Å²) in [6.45, 7) is 5.20. The van der Waals surface area contributed by atoms with E-state index in [1.807, 2.05) is 0 Å². The molecule has 1 saturated heterocycles. The van der Waals surface area contributed by atoms with E-state index in [1.165, 1.54) is 16.7 Å². The first-order valence-corrected chi connectivity index (χ1v) is 7.07. The van der Waals surface area contributed by atoms with Crippen molar-refractivity contribution in [3.8, 4) is 0 Å². The summed E-state index contributed by atoms with van der Waals surface area (Å²) in [4.78, 5) is 36.1. The number of hydrogen-bond acceptors (Lipinski definition) is 4.